The van der Waals surface area contributed by atoms with Gasteiger partial charge >= 0.3 is 12.1 Å². The number of rotatable bonds is 0. The van der Waals surface area contributed by atoms with Crippen LogP contribution in [0.25, 0.3) is 0 Å². The summed E-state index contributed by atoms with van der Waals surface area (Å²) < 4.78 is 36.5. The molecule has 1 amide bonds. The topological polar surface area (TPSA) is 37.4 Å². The third-order valence-electron chi connectivity index (χ3n) is 2.51. The Hall–Kier alpha value is -1.07. The second-order valence-corrected chi connectivity index (χ2v) is 3.67. The summed E-state index contributed by atoms with van der Waals surface area (Å²) in [6.45, 7) is 1.40. The normalized spacial score (nSPS) is 23.9. The van der Waals surface area contributed by atoms with Crippen molar-refractivity contribution in [2.75, 3.05) is 6.54 Å². The summed E-state index contributed by atoms with van der Waals surface area (Å²) in [7, 11) is 0. The van der Waals surface area contributed by atoms with Crippen molar-refractivity contribution in [3.05, 3.63) is 0 Å². The van der Waals surface area contributed by atoms with Crippen molar-refractivity contribution in [1.82, 2.24) is 4.90 Å². The average Bonchev–Trinajstić information content (AvgIpc) is 2.27. The molecule has 0 saturated carbocycles. The molecule has 15 heavy (non-hydrogen) atoms. The first-order chi connectivity index (χ1) is 6.82. The molecule has 6 heteroatoms. The maximum Gasteiger partial charge on any atom is 0.471 e. The minimum Gasteiger partial charge on any atom is -0.332 e. The highest BCUT2D eigenvalue weighted by Crippen LogP contribution is 2.23. The van der Waals surface area contributed by atoms with Crippen LogP contribution in [0.3, 0.4) is 0 Å². The number of ketones is 1. The molecular formula is C9H12F3NO2. The highest BCUT2D eigenvalue weighted by molar-refractivity contribution is 5.84. The van der Waals surface area contributed by atoms with Crippen molar-refractivity contribution < 1.29 is 22.8 Å². The van der Waals surface area contributed by atoms with Gasteiger partial charge in [-0.05, 0) is 13.3 Å². The van der Waals surface area contributed by atoms with Crippen LogP contribution in [0, 0.1) is 0 Å². The number of carbonyl (C=O) groups is 2. The van der Waals surface area contributed by atoms with Crippen LogP contribution in [-0.2, 0) is 9.59 Å². The lowest BCUT2D eigenvalue weighted by Crippen LogP contribution is -2.45. The predicted molar refractivity (Wildman–Crippen MR) is 46.1 cm³/mol. The fourth-order valence-electron chi connectivity index (χ4n) is 1.58. The molecule has 0 aromatic rings. The third kappa shape index (κ3) is 2.94. The van der Waals surface area contributed by atoms with E-state index in [1.807, 2.05) is 0 Å². The first-order valence-electron chi connectivity index (χ1n) is 4.72. The van der Waals surface area contributed by atoms with Crippen LogP contribution in [0.15, 0.2) is 0 Å². The quantitative estimate of drug-likeness (QED) is 0.624. The fraction of sp³-hybridized carbons (Fsp3) is 0.778. The van der Waals surface area contributed by atoms with Gasteiger partial charge in [-0.15, -0.1) is 0 Å². The lowest BCUT2D eigenvalue weighted by atomic mass is 10.1. The van der Waals surface area contributed by atoms with Gasteiger partial charge < -0.3 is 4.90 Å². The van der Waals surface area contributed by atoms with Gasteiger partial charge in [0.05, 0.1) is 0 Å². The molecule has 0 aromatic heterocycles. The lowest BCUT2D eigenvalue weighted by molar-refractivity contribution is -0.187. The van der Waals surface area contributed by atoms with Gasteiger partial charge in [-0.2, -0.15) is 13.2 Å². The Morgan fingerprint density at radius 1 is 1.40 bits per heavy atom. The second kappa shape index (κ2) is 4.20. The molecule has 1 fully saturated rings. The number of amides is 1. The van der Waals surface area contributed by atoms with Gasteiger partial charge in [0, 0.05) is 25.4 Å². The molecule has 1 aliphatic rings. The van der Waals surface area contributed by atoms with E-state index in [0.717, 1.165) is 4.90 Å². The molecule has 1 unspecified atom stereocenters. The van der Waals surface area contributed by atoms with E-state index in [1.165, 1.54) is 6.92 Å². The van der Waals surface area contributed by atoms with Crippen molar-refractivity contribution in [3.8, 4) is 0 Å². The Labute approximate surface area is 85.2 Å². The molecule has 86 valence electrons. The minimum absolute atomic E-state index is 0.0200. The summed E-state index contributed by atoms with van der Waals surface area (Å²) in [5, 5.41) is 0. The van der Waals surface area contributed by atoms with Gasteiger partial charge in [-0.1, -0.05) is 0 Å². The Bertz CT molecular complexity index is 275. The zero-order valence-electron chi connectivity index (χ0n) is 8.30. The molecule has 0 aromatic carbocycles. The smallest absolute Gasteiger partial charge is 0.332 e. The number of Topliss-reactive ketones (excluding diaryl/α,β-unsaturated/α-hetero) is 1. The molecule has 0 spiro atoms. The minimum atomic E-state index is -4.85. The van der Waals surface area contributed by atoms with Crippen LogP contribution >= 0.6 is 0 Å². The molecule has 1 aliphatic heterocycles. The van der Waals surface area contributed by atoms with Gasteiger partial charge in [0.2, 0.25) is 0 Å². The summed E-state index contributed by atoms with van der Waals surface area (Å²) in [5.74, 6) is -1.93. The predicted octanol–water partition coefficient (Wildman–Crippen LogP) is 1.52. The highest BCUT2D eigenvalue weighted by Gasteiger charge is 2.44. The number of hydrogen-bond donors (Lipinski definition) is 0. The van der Waals surface area contributed by atoms with Gasteiger partial charge in [-0.3, -0.25) is 9.59 Å². The van der Waals surface area contributed by atoms with Gasteiger partial charge in [0.15, 0.2) is 0 Å². The van der Waals surface area contributed by atoms with E-state index >= 15 is 0 Å². The lowest BCUT2D eigenvalue weighted by Gasteiger charge is -2.27. The Balaban J connectivity index is 2.75. The summed E-state index contributed by atoms with van der Waals surface area (Å²) in [5.41, 5.74) is 0. The summed E-state index contributed by atoms with van der Waals surface area (Å²) in [6.07, 6.45) is -4.27. The van der Waals surface area contributed by atoms with Crippen LogP contribution in [-0.4, -0.2) is 35.4 Å². The molecule has 1 saturated heterocycles. The van der Waals surface area contributed by atoms with Gasteiger partial charge in [0.25, 0.3) is 0 Å². The molecule has 0 radical (unpaired) electrons. The Kier molecular flexibility index (Phi) is 3.36. The maximum absolute atomic E-state index is 12.2. The Morgan fingerprint density at radius 2 is 2.00 bits per heavy atom. The summed E-state index contributed by atoms with van der Waals surface area (Å²) in [4.78, 5) is 22.7. The number of alkyl halides is 3. The molecule has 0 bridgehead atoms. The van der Waals surface area contributed by atoms with Crippen LogP contribution in [0.5, 0.6) is 0 Å². The summed E-state index contributed by atoms with van der Waals surface area (Å²) in [6, 6.07) is -0.523. The molecule has 0 aliphatic carbocycles. The standard InChI is InChI=1S/C9H12F3NO2/c1-6-2-3-7(14)4-5-13(6)8(15)9(10,11)12/h6H,2-5H2,1H3. The molecule has 1 heterocycles. The molecule has 1 rings (SSSR count). The van der Waals surface area contributed by atoms with E-state index in [2.05, 4.69) is 0 Å². The molecule has 3 nitrogen and oxygen atoms in total. The van der Waals surface area contributed by atoms with E-state index in [4.69, 9.17) is 0 Å². The number of likely N-dealkylation sites (tertiary alicyclic amines) is 1. The van der Waals surface area contributed by atoms with E-state index in [9.17, 15) is 22.8 Å². The first-order valence-corrected chi connectivity index (χ1v) is 4.72. The van der Waals surface area contributed by atoms with Crippen molar-refractivity contribution in [3.63, 3.8) is 0 Å². The van der Waals surface area contributed by atoms with Crippen molar-refractivity contribution in [1.29, 1.82) is 0 Å². The largest absolute Gasteiger partial charge is 0.471 e. The van der Waals surface area contributed by atoms with Crippen molar-refractivity contribution in [2.24, 2.45) is 0 Å². The van der Waals surface area contributed by atoms with E-state index in [1.54, 1.807) is 0 Å². The fourth-order valence-corrected chi connectivity index (χ4v) is 1.58. The summed E-state index contributed by atoms with van der Waals surface area (Å²) >= 11 is 0. The SMILES string of the molecule is CC1CCC(=O)CCN1C(=O)C(F)(F)F. The molecular weight excluding hydrogens is 211 g/mol. The number of hydrogen-bond acceptors (Lipinski definition) is 2. The van der Waals surface area contributed by atoms with Crippen molar-refractivity contribution >= 4 is 11.7 Å². The second-order valence-electron chi connectivity index (χ2n) is 3.67. The highest BCUT2D eigenvalue weighted by atomic mass is 19.4. The maximum atomic E-state index is 12.2. The van der Waals surface area contributed by atoms with E-state index in [0.29, 0.717) is 6.42 Å². The monoisotopic (exact) mass is 223 g/mol. The van der Waals surface area contributed by atoms with E-state index < -0.39 is 18.1 Å². The molecule has 1 atom stereocenters. The average molecular weight is 223 g/mol. The molecule has 0 N–H and O–H groups in total. The van der Waals surface area contributed by atoms with Crippen LogP contribution in [0.2, 0.25) is 0 Å². The van der Waals surface area contributed by atoms with E-state index in [-0.39, 0.29) is 25.2 Å². The van der Waals surface area contributed by atoms with Gasteiger partial charge in [0.1, 0.15) is 5.78 Å². The third-order valence-corrected chi connectivity index (χ3v) is 2.51. The van der Waals surface area contributed by atoms with Crippen molar-refractivity contribution in [2.45, 2.75) is 38.4 Å². The van der Waals surface area contributed by atoms with Crippen LogP contribution in [0.1, 0.15) is 26.2 Å². The number of nitrogens with zero attached hydrogens (tertiary/aromatic N) is 1. The first kappa shape index (κ1) is 12.0. The number of halogens is 3. The van der Waals surface area contributed by atoms with Crippen LogP contribution < -0.4 is 0 Å². The number of carbonyl (C=O) groups excluding carboxylic acids is 2. The zero-order valence-corrected chi connectivity index (χ0v) is 8.30. The zero-order chi connectivity index (χ0) is 11.6. The Morgan fingerprint density at radius 3 is 2.53 bits per heavy atom. The van der Waals surface area contributed by atoms with Gasteiger partial charge in [-0.25, -0.2) is 0 Å². The van der Waals surface area contributed by atoms with Crippen LogP contribution in [0.4, 0.5) is 13.2 Å².